The van der Waals surface area contributed by atoms with Crippen molar-refractivity contribution in [2.75, 3.05) is 5.32 Å². The van der Waals surface area contributed by atoms with E-state index in [4.69, 9.17) is 23.2 Å². The van der Waals surface area contributed by atoms with Gasteiger partial charge < -0.3 is 9.88 Å². The first-order valence-electron chi connectivity index (χ1n) is 5.86. The first kappa shape index (κ1) is 13.2. The Kier molecular flexibility index (Phi) is 4.15. The van der Waals surface area contributed by atoms with Gasteiger partial charge in [-0.15, -0.1) is 0 Å². The molecule has 0 atom stereocenters. The molecule has 0 spiro atoms. The van der Waals surface area contributed by atoms with Crippen LogP contribution >= 0.6 is 23.2 Å². The fourth-order valence-electron chi connectivity index (χ4n) is 1.78. The van der Waals surface area contributed by atoms with E-state index in [1.807, 2.05) is 25.3 Å². The molecule has 0 saturated heterocycles. The molecule has 1 N–H and O–H groups in total. The lowest BCUT2D eigenvalue weighted by Gasteiger charge is -2.10. The summed E-state index contributed by atoms with van der Waals surface area (Å²) in [7, 11) is 0. The van der Waals surface area contributed by atoms with Crippen LogP contribution in [0.2, 0.25) is 10.0 Å². The lowest BCUT2D eigenvalue weighted by Crippen LogP contribution is -2.03. The van der Waals surface area contributed by atoms with Gasteiger partial charge in [-0.2, -0.15) is 0 Å². The van der Waals surface area contributed by atoms with E-state index in [0.29, 0.717) is 10.0 Å². The molecule has 0 fully saturated rings. The van der Waals surface area contributed by atoms with Crippen LogP contribution in [0.5, 0.6) is 0 Å². The molecule has 0 aliphatic heterocycles. The topological polar surface area (TPSA) is 29.9 Å². The maximum Gasteiger partial charge on any atom is 0.207 e. The maximum atomic E-state index is 6.15. The summed E-state index contributed by atoms with van der Waals surface area (Å²) < 4.78 is 2.08. The van der Waals surface area contributed by atoms with Crippen molar-refractivity contribution in [1.82, 2.24) is 9.55 Å². The Bertz CT molecular complexity index is 549. The van der Waals surface area contributed by atoms with Crippen LogP contribution in [-0.4, -0.2) is 9.55 Å². The SMILES string of the molecule is CCCn1cc(C)nc1Nc1cccc(Cl)c1Cl. The molecule has 0 saturated carbocycles. The fraction of sp³-hybridized carbons (Fsp3) is 0.308. The standard InChI is InChI=1S/C13H15Cl2N3/c1-3-7-18-8-9(2)16-13(18)17-11-6-4-5-10(14)12(11)15/h4-6,8H,3,7H2,1-2H3,(H,16,17). The number of nitrogens with one attached hydrogen (secondary N) is 1. The Morgan fingerprint density at radius 3 is 2.83 bits per heavy atom. The second-order valence-electron chi connectivity index (χ2n) is 4.13. The van der Waals surface area contributed by atoms with Crippen molar-refractivity contribution in [2.45, 2.75) is 26.8 Å². The van der Waals surface area contributed by atoms with Gasteiger partial charge in [0.1, 0.15) is 0 Å². The lowest BCUT2D eigenvalue weighted by molar-refractivity contribution is 0.686. The van der Waals surface area contributed by atoms with Gasteiger partial charge >= 0.3 is 0 Å². The van der Waals surface area contributed by atoms with E-state index in [2.05, 4.69) is 21.8 Å². The third-order valence-corrected chi connectivity index (χ3v) is 3.38. The number of aromatic nitrogens is 2. The van der Waals surface area contributed by atoms with E-state index in [-0.39, 0.29) is 0 Å². The quantitative estimate of drug-likeness (QED) is 0.885. The Morgan fingerprint density at radius 2 is 2.11 bits per heavy atom. The summed E-state index contributed by atoms with van der Waals surface area (Å²) in [4.78, 5) is 4.45. The molecule has 96 valence electrons. The predicted octanol–water partition coefficient (Wildman–Crippen LogP) is 4.65. The van der Waals surface area contributed by atoms with E-state index < -0.39 is 0 Å². The van der Waals surface area contributed by atoms with Crippen molar-refractivity contribution in [3.8, 4) is 0 Å². The second kappa shape index (κ2) is 5.63. The second-order valence-corrected chi connectivity index (χ2v) is 4.91. The number of anilines is 2. The summed E-state index contributed by atoms with van der Waals surface area (Å²) in [5.41, 5.74) is 1.75. The van der Waals surface area contributed by atoms with Crippen molar-refractivity contribution in [2.24, 2.45) is 0 Å². The van der Waals surface area contributed by atoms with Gasteiger partial charge in [0.2, 0.25) is 5.95 Å². The molecule has 1 aromatic carbocycles. The van der Waals surface area contributed by atoms with Gasteiger partial charge in [0.05, 0.1) is 21.4 Å². The normalized spacial score (nSPS) is 10.7. The molecular formula is C13H15Cl2N3. The molecular weight excluding hydrogens is 269 g/mol. The van der Waals surface area contributed by atoms with Crippen molar-refractivity contribution < 1.29 is 0 Å². The molecule has 0 aliphatic carbocycles. The van der Waals surface area contributed by atoms with Gasteiger partial charge in [0, 0.05) is 12.7 Å². The van der Waals surface area contributed by atoms with Gasteiger partial charge in [-0.05, 0) is 25.5 Å². The van der Waals surface area contributed by atoms with Gasteiger partial charge in [0.15, 0.2) is 0 Å². The number of halogens is 2. The molecule has 3 nitrogen and oxygen atoms in total. The average molecular weight is 284 g/mol. The van der Waals surface area contributed by atoms with E-state index in [0.717, 1.165) is 30.3 Å². The summed E-state index contributed by atoms with van der Waals surface area (Å²) in [5.74, 6) is 0.790. The van der Waals surface area contributed by atoms with Crippen LogP contribution in [-0.2, 0) is 6.54 Å². The van der Waals surface area contributed by atoms with E-state index in [9.17, 15) is 0 Å². The predicted molar refractivity (Wildman–Crippen MR) is 77.0 cm³/mol. The number of imidazole rings is 1. The highest BCUT2D eigenvalue weighted by Crippen LogP contribution is 2.31. The Labute approximate surface area is 117 Å². The average Bonchev–Trinajstić information content (AvgIpc) is 2.66. The molecule has 2 aromatic rings. The first-order valence-corrected chi connectivity index (χ1v) is 6.62. The fourth-order valence-corrected chi connectivity index (χ4v) is 2.13. The van der Waals surface area contributed by atoms with Gasteiger partial charge in [-0.1, -0.05) is 36.2 Å². The van der Waals surface area contributed by atoms with Crippen LogP contribution in [0.3, 0.4) is 0 Å². The summed E-state index contributed by atoms with van der Waals surface area (Å²) in [6, 6.07) is 5.50. The third-order valence-electron chi connectivity index (χ3n) is 2.56. The zero-order valence-corrected chi connectivity index (χ0v) is 11.9. The van der Waals surface area contributed by atoms with Crippen LogP contribution in [0.15, 0.2) is 24.4 Å². The number of aryl methyl sites for hydroxylation is 2. The van der Waals surface area contributed by atoms with Crippen molar-refractivity contribution in [1.29, 1.82) is 0 Å². The van der Waals surface area contributed by atoms with Crippen LogP contribution in [0.25, 0.3) is 0 Å². The summed E-state index contributed by atoms with van der Waals surface area (Å²) in [5, 5.41) is 4.27. The zero-order valence-electron chi connectivity index (χ0n) is 10.4. The van der Waals surface area contributed by atoms with E-state index in [1.54, 1.807) is 6.07 Å². The molecule has 0 aliphatic rings. The smallest absolute Gasteiger partial charge is 0.207 e. The van der Waals surface area contributed by atoms with E-state index in [1.165, 1.54) is 0 Å². The molecule has 2 rings (SSSR count). The number of nitrogens with zero attached hydrogens (tertiary/aromatic N) is 2. The largest absolute Gasteiger partial charge is 0.324 e. The Hall–Kier alpha value is -1.19. The minimum absolute atomic E-state index is 0.517. The summed E-state index contributed by atoms with van der Waals surface area (Å²) >= 11 is 12.1. The highest BCUT2D eigenvalue weighted by Gasteiger charge is 2.09. The highest BCUT2D eigenvalue weighted by molar-refractivity contribution is 6.43. The minimum atomic E-state index is 0.517. The Morgan fingerprint density at radius 1 is 1.33 bits per heavy atom. The maximum absolute atomic E-state index is 6.15. The van der Waals surface area contributed by atoms with Crippen LogP contribution in [0.4, 0.5) is 11.6 Å². The van der Waals surface area contributed by atoms with Crippen LogP contribution in [0.1, 0.15) is 19.0 Å². The molecule has 5 heteroatoms. The van der Waals surface area contributed by atoms with Crippen molar-refractivity contribution in [3.63, 3.8) is 0 Å². The lowest BCUT2D eigenvalue weighted by atomic mass is 10.3. The highest BCUT2D eigenvalue weighted by atomic mass is 35.5. The van der Waals surface area contributed by atoms with Crippen molar-refractivity contribution >= 4 is 34.8 Å². The van der Waals surface area contributed by atoms with Gasteiger partial charge in [-0.25, -0.2) is 4.98 Å². The Balaban J connectivity index is 2.30. The first-order chi connectivity index (χ1) is 8.61. The molecule has 0 unspecified atom stereocenters. The van der Waals surface area contributed by atoms with Crippen LogP contribution < -0.4 is 5.32 Å². The summed E-state index contributed by atoms with van der Waals surface area (Å²) in [6.07, 6.45) is 3.07. The van der Waals surface area contributed by atoms with Gasteiger partial charge in [-0.3, -0.25) is 0 Å². The third kappa shape index (κ3) is 2.79. The van der Waals surface area contributed by atoms with Gasteiger partial charge in [0.25, 0.3) is 0 Å². The summed E-state index contributed by atoms with van der Waals surface area (Å²) in [6.45, 7) is 5.02. The van der Waals surface area contributed by atoms with E-state index >= 15 is 0 Å². The monoisotopic (exact) mass is 283 g/mol. The minimum Gasteiger partial charge on any atom is -0.324 e. The molecule has 0 radical (unpaired) electrons. The van der Waals surface area contributed by atoms with Crippen LogP contribution in [0, 0.1) is 6.92 Å². The number of hydrogen-bond acceptors (Lipinski definition) is 2. The molecule has 1 heterocycles. The number of hydrogen-bond donors (Lipinski definition) is 1. The number of rotatable bonds is 4. The van der Waals surface area contributed by atoms with Crippen molar-refractivity contribution in [3.05, 3.63) is 40.1 Å². The molecule has 0 bridgehead atoms. The molecule has 0 amide bonds. The number of benzene rings is 1. The molecule has 18 heavy (non-hydrogen) atoms. The molecule has 1 aromatic heterocycles. The zero-order chi connectivity index (χ0) is 13.1.